The molecule has 2 aliphatic heterocycles. The quantitative estimate of drug-likeness (QED) is 0.751. The molecule has 0 spiro atoms. The van der Waals surface area contributed by atoms with Crippen molar-refractivity contribution in [1.29, 1.82) is 0 Å². The lowest BCUT2D eigenvalue weighted by molar-refractivity contribution is -0.135. The smallest absolute Gasteiger partial charge is 0.236 e. The van der Waals surface area contributed by atoms with Gasteiger partial charge < -0.3 is 15.3 Å². The van der Waals surface area contributed by atoms with Gasteiger partial charge in [-0.1, -0.05) is 13.8 Å². The summed E-state index contributed by atoms with van der Waals surface area (Å²) < 4.78 is 0. The summed E-state index contributed by atoms with van der Waals surface area (Å²) in [4.78, 5) is 16.7. The second-order valence-electron chi connectivity index (χ2n) is 7.00. The summed E-state index contributed by atoms with van der Waals surface area (Å²) >= 11 is 0. The molecule has 2 fully saturated rings. The standard InChI is InChI=1S/C16H31N3O2/c1-13-8-14(2)10-19(9-13)16(21)12-18(6-7-20)11-15-4-3-5-17-15/h13-15,17,20H,3-12H2,1-2H3. The van der Waals surface area contributed by atoms with Crippen LogP contribution >= 0.6 is 0 Å². The van der Waals surface area contributed by atoms with Crippen molar-refractivity contribution in [3.05, 3.63) is 0 Å². The molecule has 0 bridgehead atoms. The Bertz CT molecular complexity index is 321. The number of likely N-dealkylation sites (tertiary alicyclic amines) is 1. The first-order valence-corrected chi connectivity index (χ1v) is 8.43. The van der Waals surface area contributed by atoms with Gasteiger partial charge in [-0.3, -0.25) is 9.69 Å². The maximum Gasteiger partial charge on any atom is 0.236 e. The van der Waals surface area contributed by atoms with E-state index in [1.807, 2.05) is 4.90 Å². The molecule has 0 aromatic heterocycles. The van der Waals surface area contributed by atoms with Crippen LogP contribution < -0.4 is 5.32 Å². The van der Waals surface area contributed by atoms with Crippen LogP contribution in [0.1, 0.15) is 33.1 Å². The van der Waals surface area contributed by atoms with E-state index in [9.17, 15) is 9.90 Å². The van der Waals surface area contributed by atoms with Gasteiger partial charge in [0.05, 0.1) is 13.2 Å². The summed E-state index contributed by atoms with van der Waals surface area (Å²) in [7, 11) is 0. The molecule has 2 saturated heterocycles. The number of piperidine rings is 1. The zero-order valence-corrected chi connectivity index (χ0v) is 13.6. The Morgan fingerprint density at radius 1 is 1.33 bits per heavy atom. The van der Waals surface area contributed by atoms with Crippen molar-refractivity contribution in [3.63, 3.8) is 0 Å². The summed E-state index contributed by atoms with van der Waals surface area (Å²) in [6, 6.07) is 0.476. The van der Waals surface area contributed by atoms with Gasteiger partial charge in [0.1, 0.15) is 0 Å². The van der Waals surface area contributed by atoms with E-state index in [4.69, 9.17) is 0 Å². The zero-order chi connectivity index (χ0) is 15.2. The van der Waals surface area contributed by atoms with Crippen LogP contribution in [0.4, 0.5) is 0 Å². The SMILES string of the molecule is CC1CC(C)CN(C(=O)CN(CCO)CC2CCCN2)C1. The molecular formula is C16H31N3O2. The predicted molar refractivity (Wildman–Crippen MR) is 84.1 cm³/mol. The summed E-state index contributed by atoms with van der Waals surface area (Å²) in [5, 5.41) is 12.7. The normalized spacial score (nSPS) is 30.1. The van der Waals surface area contributed by atoms with Gasteiger partial charge >= 0.3 is 0 Å². The first-order valence-electron chi connectivity index (χ1n) is 8.43. The minimum absolute atomic E-state index is 0.118. The van der Waals surface area contributed by atoms with Crippen LogP contribution in [0.15, 0.2) is 0 Å². The van der Waals surface area contributed by atoms with E-state index in [-0.39, 0.29) is 12.5 Å². The number of carbonyl (C=O) groups excluding carboxylic acids is 1. The molecular weight excluding hydrogens is 266 g/mol. The largest absolute Gasteiger partial charge is 0.395 e. The Morgan fingerprint density at radius 3 is 2.62 bits per heavy atom. The lowest BCUT2D eigenvalue weighted by Crippen LogP contribution is -2.49. The summed E-state index contributed by atoms with van der Waals surface area (Å²) in [5.74, 6) is 1.42. The van der Waals surface area contributed by atoms with Crippen LogP contribution in [0.5, 0.6) is 0 Å². The second kappa shape index (κ2) is 8.11. The number of carbonyl (C=O) groups is 1. The van der Waals surface area contributed by atoms with Gasteiger partial charge in [-0.25, -0.2) is 0 Å². The third kappa shape index (κ3) is 5.24. The number of amides is 1. The molecule has 0 aromatic rings. The minimum Gasteiger partial charge on any atom is -0.395 e. The molecule has 5 heteroatoms. The minimum atomic E-state index is 0.118. The highest BCUT2D eigenvalue weighted by Crippen LogP contribution is 2.21. The van der Waals surface area contributed by atoms with E-state index in [2.05, 4.69) is 24.1 Å². The van der Waals surface area contributed by atoms with Crippen molar-refractivity contribution in [2.24, 2.45) is 11.8 Å². The molecule has 0 saturated carbocycles. The van der Waals surface area contributed by atoms with Crippen molar-refractivity contribution in [2.75, 3.05) is 45.9 Å². The van der Waals surface area contributed by atoms with Gasteiger partial charge in [-0.2, -0.15) is 0 Å². The van der Waals surface area contributed by atoms with Crippen LogP contribution in [-0.4, -0.2) is 72.7 Å². The van der Waals surface area contributed by atoms with Gasteiger partial charge in [0.15, 0.2) is 0 Å². The van der Waals surface area contributed by atoms with Crippen LogP contribution in [0.25, 0.3) is 0 Å². The van der Waals surface area contributed by atoms with E-state index in [1.54, 1.807) is 0 Å². The number of rotatable bonds is 6. The Morgan fingerprint density at radius 2 is 2.05 bits per heavy atom. The molecule has 3 atom stereocenters. The fraction of sp³-hybridized carbons (Fsp3) is 0.938. The van der Waals surface area contributed by atoms with Crippen LogP contribution in [0.3, 0.4) is 0 Å². The van der Waals surface area contributed by atoms with E-state index in [1.165, 1.54) is 19.3 Å². The van der Waals surface area contributed by atoms with Crippen molar-refractivity contribution < 1.29 is 9.90 Å². The molecule has 5 nitrogen and oxygen atoms in total. The van der Waals surface area contributed by atoms with E-state index in [0.29, 0.717) is 31.0 Å². The highest BCUT2D eigenvalue weighted by molar-refractivity contribution is 5.78. The molecule has 21 heavy (non-hydrogen) atoms. The van der Waals surface area contributed by atoms with Crippen molar-refractivity contribution >= 4 is 5.91 Å². The molecule has 0 aliphatic carbocycles. The molecule has 2 heterocycles. The molecule has 3 unspecified atom stereocenters. The van der Waals surface area contributed by atoms with Crippen LogP contribution in [-0.2, 0) is 4.79 Å². The second-order valence-corrected chi connectivity index (χ2v) is 7.00. The van der Waals surface area contributed by atoms with Crippen LogP contribution in [0, 0.1) is 11.8 Å². The number of aliphatic hydroxyl groups excluding tert-OH is 1. The monoisotopic (exact) mass is 297 g/mol. The summed E-state index contributed by atoms with van der Waals surface area (Å²) in [5.41, 5.74) is 0. The average Bonchev–Trinajstić information content (AvgIpc) is 2.90. The van der Waals surface area contributed by atoms with E-state index in [0.717, 1.165) is 26.2 Å². The molecule has 2 rings (SSSR count). The average molecular weight is 297 g/mol. The summed E-state index contributed by atoms with van der Waals surface area (Å²) in [6.45, 7) is 9.31. The number of hydrogen-bond donors (Lipinski definition) is 2. The van der Waals surface area contributed by atoms with Gasteiger partial charge in [0, 0.05) is 32.2 Å². The van der Waals surface area contributed by atoms with Crippen molar-refractivity contribution in [1.82, 2.24) is 15.1 Å². The van der Waals surface area contributed by atoms with E-state index >= 15 is 0 Å². The van der Waals surface area contributed by atoms with Crippen molar-refractivity contribution in [2.45, 2.75) is 39.2 Å². The number of aliphatic hydroxyl groups is 1. The molecule has 2 N–H and O–H groups in total. The Kier molecular flexibility index (Phi) is 6.45. The first kappa shape index (κ1) is 16.7. The third-order valence-corrected chi connectivity index (χ3v) is 4.64. The maximum absolute atomic E-state index is 12.5. The van der Waals surface area contributed by atoms with Crippen molar-refractivity contribution in [3.8, 4) is 0 Å². The zero-order valence-electron chi connectivity index (χ0n) is 13.6. The molecule has 1 amide bonds. The number of nitrogens with one attached hydrogen (secondary N) is 1. The predicted octanol–water partition coefficient (Wildman–Crippen LogP) is 0.537. The summed E-state index contributed by atoms with van der Waals surface area (Å²) in [6.07, 6.45) is 3.61. The first-order chi connectivity index (χ1) is 10.1. The molecule has 122 valence electrons. The molecule has 2 aliphatic rings. The highest BCUT2D eigenvalue weighted by atomic mass is 16.3. The lowest BCUT2D eigenvalue weighted by atomic mass is 9.92. The van der Waals surface area contributed by atoms with Gasteiger partial charge in [0.25, 0.3) is 0 Å². The van der Waals surface area contributed by atoms with Crippen LogP contribution in [0.2, 0.25) is 0 Å². The fourth-order valence-corrected chi connectivity index (χ4v) is 3.76. The molecule has 0 radical (unpaired) electrons. The number of hydrogen-bond acceptors (Lipinski definition) is 4. The Labute approximate surface area is 128 Å². The number of nitrogens with zero attached hydrogens (tertiary/aromatic N) is 2. The third-order valence-electron chi connectivity index (χ3n) is 4.64. The maximum atomic E-state index is 12.5. The van der Waals surface area contributed by atoms with Gasteiger partial charge in [0.2, 0.25) is 5.91 Å². The fourth-order valence-electron chi connectivity index (χ4n) is 3.76. The molecule has 0 aromatic carbocycles. The Hall–Kier alpha value is -0.650. The highest BCUT2D eigenvalue weighted by Gasteiger charge is 2.27. The van der Waals surface area contributed by atoms with Gasteiger partial charge in [-0.15, -0.1) is 0 Å². The lowest BCUT2D eigenvalue weighted by Gasteiger charge is -2.36. The van der Waals surface area contributed by atoms with Gasteiger partial charge in [-0.05, 0) is 37.6 Å². The Balaban J connectivity index is 1.84. The topological polar surface area (TPSA) is 55.8 Å². The van der Waals surface area contributed by atoms with E-state index < -0.39 is 0 Å².